The molecule has 0 spiro atoms. The van der Waals surface area contributed by atoms with Crippen molar-refractivity contribution in [3.05, 3.63) is 24.0 Å². The number of aryl methyl sites for hydroxylation is 1. The SMILES string of the molecule is CCCNC1COCC1c1nc(-c2ccnc(C)n2)no1. The highest BCUT2D eigenvalue weighted by atomic mass is 16.5. The minimum absolute atomic E-state index is 0.0979. The zero-order valence-corrected chi connectivity index (χ0v) is 12.2. The Morgan fingerprint density at radius 3 is 3.05 bits per heavy atom. The fourth-order valence-electron chi connectivity index (χ4n) is 2.40. The molecule has 1 N–H and O–H groups in total. The predicted molar refractivity (Wildman–Crippen MR) is 75.7 cm³/mol. The van der Waals surface area contributed by atoms with Gasteiger partial charge in [0.1, 0.15) is 11.5 Å². The third-order valence-electron chi connectivity index (χ3n) is 3.50. The standard InChI is InChI=1S/C14H19N5O2/c1-3-5-16-12-8-20-7-10(12)14-18-13(19-21-14)11-4-6-15-9(2)17-11/h4,6,10,12,16H,3,5,7-8H2,1-2H3. The minimum atomic E-state index is 0.0979. The number of rotatable bonds is 5. The van der Waals surface area contributed by atoms with Crippen LogP contribution in [0.5, 0.6) is 0 Å². The molecule has 7 heteroatoms. The average Bonchev–Trinajstić information content (AvgIpc) is 3.13. The molecule has 0 radical (unpaired) electrons. The second kappa shape index (κ2) is 6.28. The normalized spacial score (nSPS) is 21.8. The molecule has 0 aromatic carbocycles. The molecule has 0 bridgehead atoms. The summed E-state index contributed by atoms with van der Waals surface area (Å²) >= 11 is 0. The van der Waals surface area contributed by atoms with Gasteiger partial charge in [-0.25, -0.2) is 9.97 Å². The van der Waals surface area contributed by atoms with Crippen molar-refractivity contribution in [1.29, 1.82) is 0 Å². The molecule has 3 rings (SSSR count). The summed E-state index contributed by atoms with van der Waals surface area (Å²) < 4.78 is 11.0. The Labute approximate surface area is 123 Å². The van der Waals surface area contributed by atoms with Gasteiger partial charge in [0.15, 0.2) is 0 Å². The largest absolute Gasteiger partial charge is 0.379 e. The number of hydrogen-bond acceptors (Lipinski definition) is 7. The van der Waals surface area contributed by atoms with Crippen LogP contribution in [-0.2, 0) is 4.74 Å². The van der Waals surface area contributed by atoms with Crippen LogP contribution in [-0.4, -0.2) is 45.9 Å². The Bertz CT molecular complexity index is 601. The molecule has 21 heavy (non-hydrogen) atoms. The maximum atomic E-state index is 5.54. The maximum Gasteiger partial charge on any atom is 0.234 e. The Kier molecular flexibility index (Phi) is 4.21. The van der Waals surface area contributed by atoms with Crippen LogP contribution in [0.2, 0.25) is 0 Å². The van der Waals surface area contributed by atoms with Crippen molar-refractivity contribution in [1.82, 2.24) is 25.4 Å². The molecule has 3 heterocycles. The second-order valence-corrected chi connectivity index (χ2v) is 5.15. The third kappa shape index (κ3) is 3.08. The summed E-state index contributed by atoms with van der Waals surface area (Å²) in [4.78, 5) is 12.9. The summed E-state index contributed by atoms with van der Waals surface area (Å²) in [5.74, 6) is 1.88. The number of nitrogens with zero attached hydrogens (tertiary/aromatic N) is 4. The van der Waals surface area contributed by atoms with Crippen molar-refractivity contribution in [3.8, 4) is 11.5 Å². The van der Waals surface area contributed by atoms with Crippen LogP contribution in [0.3, 0.4) is 0 Å². The Morgan fingerprint density at radius 2 is 2.24 bits per heavy atom. The lowest BCUT2D eigenvalue weighted by atomic mass is 10.0. The highest BCUT2D eigenvalue weighted by Crippen LogP contribution is 2.26. The topological polar surface area (TPSA) is 86.0 Å². The minimum Gasteiger partial charge on any atom is -0.379 e. The van der Waals surface area contributed by atoms with E-state index < -0.39 is 0 Å². The zero-order chi connectivity index (χ0) is 14.7. The van der Waals surface area contributed by atoms with Crippen LogP contribution in [0.15, 0.2) is 16.8 Å². The van der Waals surface area contributed by atoms with E-state index in [9.17, 15) is 0 Å². The van der Waals surface area contributed by atoms with Crippen molar-refractivity contribution >= 4 is 0 Å². The fourth-order valence-corrected chi connectivity index (χ4v) is 2.40. The summed E-state index contributed by atoms with van der Waals surface area (Å²) in [5.41, 5.74) is 0.675. The van der Waals surface area contributed by atoms with Crippen LogP contribution in [0.25, 0.3) is 11.5 Å². The van der Waals surface area contributed by atoms with E-state index in [2.05, 4.69) is 32.3 Å². The van der Waals surface area contributed by atoms with E-state index in [1.807, 2.05) is 6.92 Å². The molecule has 2 aromatic rings. The van der Waals surface area contributed by atoms with Crippen LogP contribution < -0.4 is 5.32 Å². The summed E-state index contributed by atoms with van der Waals surface area (Å²) in [6.45, 7) is 6.21. The van der Waals surface area contributed by atoms with Crippen LogP contribution in [0.1, 0.15) is 31.0 Å². The molecule has 7 nitrogen and oxygen atoms in total. The van der Waals surface area contributed by atoms with Crippen LogP contribution in [0.4, 0.5) is 0 Å². The molecule has 0 aliphatic carbocycles. The van der Waals surface area contributed by atoms with Gasteiger partial charge in [0.2, 0.25) is 11.7 Å². The van der Waals surface area contributed by atoms with Gasteiger partial charge in [0, 0.05) is 12.2 Å². The van der Waals surface area contributed by atoms with E-state index in [1.165, 1.54) is 0 Å². The highest BCUT2D eigenvalue weighted by Gasteiger charge is 2.33. The van der Waals surface area contributed by atoms with Crippen molar-refractivity contribution in [2.45, 2.75) is 32.2 Å². The van der Waals surface area contributed by atoms with Gasteiger partial charge in [-0.15, -0.1) is 0 Å². The molecule has 1 saturated heterocycles. The highest BCUT2D eigenvalue weighted by molar-refractivity contribution is 5.47. The lowest BCUT2D eigenvalue weighted by Crippen LogP contribution is -2.34. The van der Waals surface area contributed by atoms with Crippen LogP contribution in [0, 0.1) is 6.92 Å². The molecular formula is C14H19N5O2. The number of hydrogen-bond donors (Lipinski definition) is 1. The van der Waals surface area contributed by atoms with Gasteiger partial charge in [-0.1, -0.05) is 12.1 Å². The summed E-state index contributed by atoms with van der Waals surface area (Å²) in [7, 11) is 0. The van der Waals surface area contributed by atoms with Gasteiger partial charge in [0.05, 0.1) is 19.1 Å². The Morgan fingerprint density at radius 1 is 1.33 bits per heavy atom. The first-order valence-corrected chi connectivity index (χ1v) is 7.22. The molecule has 112 valence electrons. The monoisotopic (exact) mass is 289 g/mol. The second-order valence-electron chi connectivity index (χ2n) is 5.15. The van der Waals surface area contributed by atoms with Gasteiger partial charge in [-0.2, -0.15) is 4.98 Å². The predicted octanol–water partition coefficient (Wildman–Crippen LogP) is 1.32. The van der Waals surface area contributed by atoms with E-state index >= 15 is 0 Å². The van der Waals surface area contributed by atoms with Gasteiger partial charge in [-0.3, -0.25) is 0 Å². The molecule has 0 saturated carbocycles. The first-order chi connectivity index (χ1) is 10.3. The Hall–Kier alpha value is -1.86. The maximum absolute atomic E-state index is 5.54. The van der Waals surface area contributed by atoms with E-state index in [0.717, 1.165) is 13.0 Å². The summed E-state index contributed by atoms with van der Waals surface area (Å²) in [6, 6.07) is 2.00. The van der Waals surface area contributed by atoms with E-state index in [1.54, 1.807) is 12.3 Å². The molecular weight excluding hydrogens is 270 g/mol. The van der Waals surface area contributed by atoms with Gasteiger partial charge in [0.25, 0.3) is 0 Å². The fraction of sp³-hybridized carbons (Fsp3) is 0.571. The van der Waals surface area contributed by atoms with E-state index in [-0.39, 0.29) is 12.0 Å². The van der Waals surface area contributed by atoms with E-state index in [4.69, 9.17) is 9.26 Å². The first-order valence-electron chi connectivity index (χ1n) is 7.22. The molecule has 2 aromatic heterocycles. The van der Waals surface area contributed by atoms with Crippen molar-refractivity contribution < 1.29 is 9.26 Å². The zero-order valence-electron chi connectivity index (χ0n) is 12.2. The third-order valence-corrected chi connectivity index (χ3v) is 3.50. The molecule has 1 aliphatic heterocycles. The summed E-state index contributed by atoms with van der Waals surface area (Å²) in [5, 5.41) is 7.49. The average molecular weight is 289 g/mol. The smallest absolute Gasteiger partial charge is 0.234 e. The number of nitrogens with one attached hydrogen (secondary N) is 1. The van der Waals surface area contributed by atoms with Crippen molar-refractivity contribution in [2.75, 3.05) is 19.8 Å². The lowest BCUT2D eigenvalue weighted by Gasteiger charge is -2.14. The molecule has 0 amide bonds. The van der Waals surface area contributed by atoms with Crippen molar-refractivity contribution in [3.63, 3.8) is 0 Å². The van der Waals surface area contributed by atoms with Gasteiger partial charge >= 0.3 is 0 Å². The molecule has 2 atom stereocenters. The Balaban J connectivity index is 1.78. The van der Waals surface area contributed by atoms with Crippen LogP contribution >= 0.6 is 0 Å². The first kappa shape index (κ1) is 14.1. The molecule has 1 aliphatic rings. The van der Waals surface area contributed by atoms with E-state index in [0.29, 0.717) is 36.4 Å². The molecule has 2 unspecified atom stereocenters. The summed E-state index contributed by atoms with van der Waals surface area (Å²) in [6.07, 6.45) is 2.77. The lowest BCUT2D eigenvalue weighted by molar-refractivity contribution is 0.184. The number of aromatic nitrogens is 4. The number of ether oxygens (including phenoxy) is 1. The van der Waals surface area contributed by atoms with Gasteiger partial charge in [-0.05, 0) is 26.0 Å². The molecule has 1 fully saturated rings. The van der Waals surface area contributed by atoms with Crippen molar-refractivity contribution in [2.24, 2.45) is 0 Å². The quantitative estimate of drug-likeness (QED) is 0.888. The van der Waals surface area contributed by atoms with Gasteiger partial charge < -0.3 is 14.6 Å².